The lowest BCUT2D eigenvalue weighted by molar-refractivity contribution is 0.0989. The minimum atomic E-state index is -0.351. The van der Waals surface area contributed by atoms with Crippen molar-refractivity contribution >= 4 is 17.5 Å². The third-order valence-corrected chi connectivity index (χ3v) is 5.15. The van der Waals surface area contributed by atoms with E-state index >= 15 is 0 Å². The van der Waals surface area contributed by atoms with E-state index in [-0.39, 0.29) is 11.0 Å². The summed E-state index contributed by atoms with van der Waals surface area (Å²) in [4.78, 5) is 13.1. The summed E-state index contributed by atoms with van der Waals surface area (Å²) in [6.07, 6.45) is 1.64. The van der Waals surface area contributed by atoms with Crippen LogP contribution in [0.1, 0.15) is 32.3 Å². The lowest BCUT2D eigenvalue weighted by Crippen LogP contribution is -2.11. The van der Waals surface area contributed by atoms with Gasteiger partial charge in [0.05, 0.1) is 0 Å². The number of rotatable bonds is 5. The summed E-state index contributed by atoms with van der Waals surface area (Å²) < 4.78 is 1.83. The standard InChI is InChI=1S/C19H19N3OS/c1-13-4-8-15(9-5-13)17(23)18(16-10-6-14(2)7-11-16)24-19-21-20-12-22(19)3/h4-12,18H,1-3H3/t18-/m0/s1. The minimum Gasteiger partial charge on any atom is -0.312 e. The molecule has 0 unspecified atom stereocenters. The molecule has 24 heavy (non-hydrogen) atoms. The van der Waals surface area contributed by atoms with Crippen LogP contribution in [0.3, 0.4) is 0 Å². The van der Waals surface area contributed by atoms with Crippen LogP contribution < -0.4 is 0 Å². The summed E-state index contributed by atoms with van der Waals surface area (Å²) in [6.45, 7) is 4.05. The largest absolute Gasteiger partial charge is 0.312 e. The molecule has 1 atom stereocenters. The maximum Gasteiger partial charge on any atom is 0.191 e. The van der Waals surface area contributed by atoms with Crippen molar-refractivity contribution in [1.82, 2.24) is 14.8 Å². The molecule has 0 bridgehead atoms. The molecule has 0 aliphatic heterocycles. The highest BCUT2D eigenvalue weighted by Gasteiger charge is 2.25. The van der Waals surface area contributed by atoms with E-state index in [1.807, 2.05) is 74.0 Å². The van der Waals surface area contributed by atoms with Gasteiger partial charge >= 0.3 is 0 Å². The van der Waals surface area contributed by atoms with Gasteiger partial charge in [-0.25, -0.2) is 0 Å². The summed E-state index contributed by atoms with van der Waals surface area (Å²) in [6, 6.07) is 15.8. The molecule has 1 heterocycles. The van der Waals surface area contributed by atoms with Crippen molar-refractivity contribution in [3.63, 3.8) is 0 Å². The summed E-state index contributed by atoms with van der Waals surface area (Å²) in [5.74, 6) is 0.0758. The van der Waals surface area contributed by atoms with Gasteiger partial charge in [-0.1, -0.05) is 71.4 Å². The van der Waals surface area contributed by atoms with Gasteiger partial charge in [-0.15, -0.1) is 10.2 Å². The van der Waals surface area contributed by atoms with Crippen LogP contribution in [0.4, 0.5) is 0 Å². The van der Waals surface area contributed by atoms with E-state index in [2.05, 4.69) is 10.2 Å². The quantitative estimate of drug-likeness (QED) is 0.518. The average molecular weight is 337 g/mol. The smallest absolute Gasteiger partial charge is 0.191 e. The highest BCUT2D eigenvalue weighted by Crippen LogP contribution is 2.36. The van der Waals surface area contributed by atoms with Gasteiger partial charge < -0.3 is 4.57 Å². The lowest BCUT2D eigenvalue weighted by Gasteiger charge is -2.16. The second-order valence-electron chi connectivity index (χ2n) is 5.86. The molecule has 4 nitrogen and oxygen atoms in total. The van der Waals surface area contributed by atoms with Crippen molar-refractivity contribution in [2.75, 3.05) is 0 Å². The van der Waals surface area contributed by atoms with Crippen molar-refractivity contribution in [3.8, 4) is 0 Å². The Balaban J connectivity index is 1.97. The topological polar surface area (TPSA) is 47.8 Å². The Bertz CT molecular complexity index is 838. The van der Waals surface area contributed by atoms with E-state index in [1.165, 1.54) is 17.3 Å². The van der Waals surface area contributed by atoms with Gasteiger partial charge in [0.2, 0.25) is 0 Å². The number of aryl methyl sites for hydroxylation is 3. The first-order valence-electron chi connectivity index (χ1n) is 7.72. The van der Waals surface area contributed by atoms with Crippen LogP contribution >= 0.6 is 11.8 Å². The maximum atomic E-state index is 13.1. The fourth-order valence-electron chi connectivity index (χ4n) is 2.37. The number of benzene rings is 2. The van der Waals surface area contributed by atoms with Crippen LogP contribution in [-0.4, -0.2) is 20.5 Å². The Morgan fingerprint density at radius 2 is 1.58 bits per heavy atom. The fourth-order valence-corrected chi connectivity index (χ4v) is 3.42. The molecule has 0 saturated carbocycles. The predicted octanol–water partition coefficient (Wildman–Crippen LogP) is 4.15. The van der Waals surface area contributed by atoms with Crippen molar-refractivity contribution in [2.24, 2.45) is 7.05 Å². The van der Waals surface area contributed by atoms with E-state index in [0.717, 1.165) is 16.3 Å². The number of aromatic nitrogens is 3. The Hall–Kier alpha value is -2.40. The molecule has 0 amide bonds. The van der Waals surface area contributed by atoms with Crippen LogP contribution in [0.25, 0.3) is 0 Å². The first-order chi connectivity index (χ1) is 11.5. The Kier molecular flexibility index (Phi) is 4.81. The van der Waals surface area contributed by atoms with Gasteiger partial charge in [0, 0.05) is 12.6 Å². The van der Waals surface area contributed by atoms with Gasteiger partial charge in [0.15, 0.2) is 10.9 Å². The number of carbonyl (C=O) groups is 1. The molecule has 2 aromatic carbocycles. The molecule has 122 valence electrons. The normalized spacial score (nSPS) is 12.1. The van der Waals surface area contributed by atoms with Gasteiger partial charge in [0.25, 0.3) is 0 Å². The minimum absolute atomic E-state index is 0.0758. The van der Waals surface area contributed by atoms with Crippen LogP contribution in [-0.2, 0) is 7.05 Å². The molecule has 0 radical (unpaired) electrons. The number of hydrogen-bond donors (Lipinski definition) is 0. The molecule has 0 aliphatic carbocycles. The molecule has 3 aromatic rings. The molecule has 0 saturated heterocycles. The van der Waals surface area contributed by atoms with Crippen molar-refractivity contribution in [1.29, 1.82) is 0 Å². The zero-order valence-electron chi connectivity index (χ0n) is 13.9. The van der Waals surface area contributed by atoms with Crippen LogP contribution in [0, 0.1) is 13.8 Å². The van der Waals surface area contributed by atoms with E-state index in [9.17, 15) is 4.79 Å². The summed E-state index contributed by atoms with van der Waals surface area (Å²) >= 11 is 1.43. The number of carbonyl (C=O) groups excluding carboxylic acids is 1. The molecule has 3 rings (SSSR count). The van der Waals surface area contributed by atoms with Gasteiger partial charge in [-0.2, -0.15) is 0 Å². The molecule has 0 fully saturated rings. The van der Waals surface area contributed by atoms with Gasteiger partial charge in [-0.3, -0.25) is 4.79 Å². The second kappa shape index (κ2) is 7.01. The summed E-state index contributed by atoms with van der Waals surface area (Å²) in [5.41, 5.74) is 3.99. The highest BCUT2D eigenvalue weighted by molar-refractivity contribution is 8.00. The average Bonchev–Trinajstić information content (AvgIpc) is 2.99. The Morgan fingerprint density at radius 1 is 1.00 bits per heavy atom. The summed E-state index contributed by atoms with van der Waals surface area (Å²) in [5, 5.41) is 8.39. The first-order valence-corrected chi connectivity index (χ1v) is 8.60. The molecular formula is C19H19N3OS. The van der Waals surface area contributed by atoms with Crippen molar-refractivity contribution in [3.05, 3.63) is 77.1 Å². The molecule has 0 spiro atoms. The van der Waals surface area contributed by atoms with E-state index in [1.54, 1.807) is 6.33 Å². The third-order valence-electron chi connectivity index (χ3n) is 3.85. The number of hydrogen-bond acceptors (Lipinski definition) is 4. The van der Waals surface area contributed by atoms with Crippen molar-refractivity contribution < 1.29 is 4.79 Å². The fraction of sp³-hybridized carbons (Fsp3) is 0.211. The van der Waals surface area contributed by atoms with Crippen LogP contribution in [0.15, 0.2) is 60.0 Å². The first kappa shape index (κ1) is 16.5. The van der Waals surface area contributed by atoms with E-state index in [4.69, 9.17) is 0 Å². The van der Waals surface area contributed by atoms with Crippen LogP contribution in [0.2, 0.25) is 0 Å². The van der Waals surface area contributed by atoms with Crippen molar-refractivity contribution in [2.45, 2.75) is 24.3 Å². The summed E-state index contributed by atoms with van der Waals surface area (Å²) in [7, 11) is 1.88. The van der Waals surface area contributed by atoms with Gasteiger partial charge in [0.1, 0.15) is 11.6 Å². The van der Waals surface area contributed by atoms with Gasteiger partial charge in [-0.05, 0) is 19.4 Å². The Morgan fingerprint density at radius 3 is 2.12 bits per heavy atom. The number of Topliss-reactive ketones (excluding diaryl/α,β-unsaturated/α-hetero) is 1. The van der Waals surface area contributed by atoms with E-state index in [0.29, 0.717) is 5.56 Å². The zero-order valence-corrected chi connectivity index (χ0v) is 14.7. The Labute approximate surface area is 145 Å². The SMILES string of the molecule is Cc1ccc(C(=O)[C@@H](Sc2nncn2C)c2ccc(C)cc2)cc1. The number of thioether (sulfide) groups is 1. The van der Waals surface area contributed by atoms with Crippen LogP contribution in [0.5, 0.6) is 0 Å². The molecule has 5 heteroatoms. The van der Waals surface area contributed by atoms with E-state index < -0.39 is 0 Å². The molecular weight excluding hydrogens is 318 g/mol. The number of nitrogens with zero attached hydrogens (tertiary/aromatic N) is 3. The monoisotopic (exact) mass is 337 g/mol. The molecule has 0 N–H and O–H groups in total. The highest BCUT2D eigenvalue weighted by atomic mass is 32.2. The predicted molar refractivity (Wildman–Crippen MR) is 96.3 cm³/mol. The molecule has 0 aliphatic rings. The maximum absolute atomic E-state index is 13.1. The second-order valence-corrected chi connectivity index (χ2v) is 6.94. The lowest BCUT2D eigenvalue weighted by atomic mass is 10.0. The zero-order chi connectivity index (χ0) is 17.1. The number of ketones is 1. The molecule has 1 aromatic heterocycles. The third kappa shape index (κ3) is 3.57.